The normalized spacial score (nSPS) is 12.4. The van der Waals surface area contributed by atoms with E-state index < -0.39 is 11.6 Å². The third-order valence-corrected chi connectivity index (χ3v) is 3.00. The summed E-state index contributed by atoms with van der Waals surface area (Å²) >= 11 is 0. The number of hydrogen-bond donors (Lipinski definition) is 2. The van der Waals surface area contributed by atoms with Gasteiger partial charge in [-0.25, -0.2) is 8.78 Å². The van der Waals surface area contributed by atoms with Crippen LogP contribution in [-0.4, -0.2) is 16.7 Å². The third-order valence-electron chi connectivity index (χ3n) is 3.00. The molecular formula is C14H18F2N4O. The van der Waals surface area contributed by atoms with E-state index in [0.717, 1.165) is 25.1 Å². The highest BCUT2D eigenvalue weighted by atomic mass is 19.1. The summed E-state index contributed by atoms with van der Waals surface area (Å²) in [5.41, 5.74) is 0.198. The molecule has 7 heteroatoms. The zero-order valence-corrected chi connectivity index (χ0v) is 12.2. The van der Waals surface area contributed by atoms with Gasteiger partial charge in [0.15, 0.2) is 0 Å². The van der Waals surface area contributed by atoms with Gasteiger partial charge in [0.05, 0.1) is 11.7 Å². The van der Waals surface area contributed by atoms with E-state index in [1.165, 1.54) is 6.92 Å². The van der Waals surface area contributed by atoms with Crippen LogP contribution in [-0.2, 0) is 0 Å². The molecule has 1 heterocycles. The maximum atomic E-state index is 13.7. The molecular weight excluding hydrogens is 278 g/mol. The second-order valence-corrected chi connectivity index (χ2v) is 4.83. The van der Waals surface area contributed by atoms with Crippen molar-refractivity contribution in [2.24, 2.45) is 0 Å². The number of nitrogens with zero attached hydrogens (tertiary/aromatic N) is 2. The lowest BCUT2D eigenvalue weighted by atomic mass is 10.2. The van der Waals surface area contributed by atoms with Gasteiger partial charge in [-0.15, -0.1) is 5.10 Å². The number of hydrogen-bond acceptors (Lipinski definition) is 5. The van der Waals surface area contributed by atoms with Crippen LogP contribution in [0, 0.1) is 18.6 Å². The Morgan fingerprint density at radius 3 is 2.71 bits per heavy atom. The van der Waals surface area contributed by atoms with Crippen molar-refractivity contribution < 1.29 is 13.2 Å². The van der Waals surface area contributed by atoms with Crippen molar-refractivity contribution in [1.29, 1.82) is 0 Å². The molecule has 0 saturated carbocycles. The SMILES string of the molecule is CCCNC(C)c1nnc(Nc2cc(F)c(C)cc2F)o1. The van der Waals surface area contributed by atoms with Crippen LogP contribution in [0.2, 0.25) is 0 Å². The zero-order valence-electron chi connectivity index (χ0n) is 12.2. The molecule has 5 nitrogen and oxygen atoms in total. The molecule has 114 valence electrons. The minimum absolute atomic E-state index is 0.0253. The predicted octanol–water partition coefficient (Wildman–Crippen LogP) is 3.46. The molecule has 0 spiro atoms. The average Bonchev–Trinajstić information content (AvgIpc) is 2.91. The molecule has 21 heavy (non-hydrogen) atoms. The lowest BCUT2D eigenvalue weighted by Crippen LogP contribution is -2.19. The van der Waals surface area contributed by atoms with E-state index in [-0.39, 0.29) is 23.3 Å². The number of halogens is 2. The summed E-state index contributed by atoms with van der Waals surface area (Å²) in [7, 11) is 0. The minimum atomic E-state index is -0.578. The molecule has 2 aromatic rings. The lowest BCUT2D eigenvalue weighted by molar-refractivity contribution is 0.424. The van der Waals surface area contributed by atoms with Gasteiger partial charge in [0.1, 0.15) is 11.6 Å². The van der Waals surface area contributed by atoms with Gasteiger partial charge in [0.2, 0.25) is 5.89 Å². The molecule has 2 rings (SSSR count). The molecule has 1 unspecified atom stereocenters. The Morgan fingerprint density at radius 2 is 2.00 bits per heavy atom. The van der Waals surface area contributed by atoms with Gasteiger partial charge in [-0.1, -0.05) is 12.0 Å². The van der Waals surface area contributed by atoms with Crippen molar-refractivity contribution >= 4 is 11.7 Å². The van der Waals surface area contributed by atoms with Crippen molar-refractivity contribution in [2.45, 2.75) is 33.2 Å². The highest BCUT2D eigenvalue weighted by Gasteiger charge is 2.15. The minimum Gasteiger partial charge on any atom is -0.406 e. The molecule has 2 N–H and O–H groups in total. The maximum absolute atomic E-state index is 13.7. The van der Waals surface area contributed by atoms with E-state index in [4.69, 9.17) is 4.42 Å². The van der Waals surface area contributed by atoms with Crippen molar-refractivity contribution in [3.05, 3.63) is 35.2 Å². The topological polar surface area (TPSA) is 63.0 Å². The first-order valence-electron chi connectivity index (χ1n) is 6.80. The second-order valence-electron chi connectivity index (χ2n) is 4.83. The number of rotatable bonds is 6. The van der Waals surface area contributed by atoms with Gasteiger partial charge in [-0.05, 0) is 38.4 Å². The van der Waals surface area contributed by atoms with Crippen LogP contribution in [0.25, 0.3) is 0 Å². The van der Waals surface area contributed by atoms with Crippen LogP contribution in [0.15, 0.2) is 16.5 Å². The molecule has 0 aliphatic heterocycles. The van der Waals surface area contributed by atoms with Crippen LogP contribution < -0.4 is 10.6 Å². The third kappa shape index (κ3) is 3.75. The Hall–Kier alpha value is -2.02. The van der Waals surface area contributed by atoms with E-state index in [1.54, 1.807) is 0 Å². The van der Waals surface area contributed by atoms with E-state index in [0.29, 0.717) is 5.89 Å². The molecule has 0 fully saturated rings. The average molecular weight is 296 g/mol. The fourth-order valence-corrected chi connectivity index (χ4v) is 1.77. The molecule has 0 saturated heterocycles. The van der Waals surface area contributed by atoms with Crippen molar-refractivity contribution in [2.75, 3.05) is 11.9 Å². The Bertz CT molecular complexity index is 615. The highest BCUT2D eigenvalue weighted by molar-refractivity contribution is 5.53. The van der Waals surface area contributed by atoms with E-state index in [2.05, 4.69) is 27.8 Å². The van der Waals surface area contributed by atoms with Crippen LogP contribution in [0.3, 0.4) is 0 Å². The first-order chi connectivity index (χ1) is 10.0. The Labute approximate surface area is 121 Å². The fraction of sp³-hybridized carbons (Fsp3) is 0.429. The first kappa shape index (κ1) is 15.4. The van der Waals surface area contributed by atoms with E-state index >= 15 is 0 Å². The fourth-order valence-electron chi connectivity index (χ4n) is 1.77. The van der Waals surface area contributed by atoms with Gasteiger partial charge < -0.3 is 15.1 Å². The maximum Gasteiger partial charge on any atom is 0.320 e. The number of anilines is 2. The number of aromatic nitrogens is 2. The van der Waals surface area contributed by atoms with Crippen molar-refractivity contribution in [3.63, 3.8) is 0 Å². The Kier molecular flexibility index (Phi) is 4.85. The summed E-state index contributed by atoms with van der Waals surface area (Å²) in [6.07, 6.45) is 0.984. The quantitative estimate of drug-likeness (QED) is 0.854. The van der Waals surface area contributed by atoms with Crippen LogP contribution in [0.5, 0.6) is 0 Å². The molecule has 0 radical (unpaired) electrons. The van der Waals surface area contributed by atoms with Gasteiger partial charge in [-0.3, -0.25) is 0 Å². The van der Waals surface area contributed by atoms with E-state index in [1.807, 2.05) is 6.92 Å². The largest absolute Gasteiger partial charge is 0.406 e. The van der Waals surface area contributed by atoms with Gasteiger partial charge in [-0.2, -0.15) is 0 Å². The highest BCUT2D eigenvalue weighted by Crippen LogP contribution is 2.23. The van der Waals surface area contributed by atoms with Crippen LogP contribution >= 0.6 is 0 Å². The smallest absolute Gasteiger partial charge is 0.320 e. The van der Waals surface area contributed by atoms with Gasteiger partial charge in [0, 0.05) is 6.07 Å². The zero-order chi connectivity index (χ0) is 15.4. The van der Waals surface area contributed by atoms with Gasteiger partial charge in [0.25, 0.3) is 0 Å². The lowest BCUT2D eigenvalue weighted by Gasteiger charge is -2.08. The van der Waals surface area contributed by atoms with Crippen molar-refractivity contribution in [3.8, 4) is 0 Å². The number of nitrogens with one attached hydrogen (secondary N) is 2. The van der Waals surface area contributed by atoms with Crippen LogP contribution in [0.4, 0.5) is 20.5 Å². The van der Waals surface area contributed by atoms with Crippen molar-refractivity contribution in [1.82, 2.24) is 15.5 Å². The molecule has 0 bridgehead atoms. The molecule has 1 aromatic carbocycles. The van der Waals surface area contributed by atoms with Gasteiger partial charge >= 0.3 is 6.01 Å². The van der Waals surface area contributed by atoms with E-state index in [9.17, 15) is 8.78 Å². The summed E-state index contributed by atoms with van der Waals surface area (Å²) in [4.78, 5) is 0. The summed E-state index contributed by atoms with van der Waals surface area (Å²) < 4.78 is 32.6. The summed E-state index contributed by atoms with van der Waals surface area (Å²) in [5, 5.41) is 13.4. The molecule has 1 aromatic heterocycles. The molecule has 0 amide bonds. The number of aryl methyl sites for hydroxylation is 1. The predicted molar refractivity (Wildman–Crippen MR) is 75.4 cm³/mol. The summed E-state index contributed by atoms with van der Waals surface area (Å²) in [6, 6.07) is 2.10. The second kappa shape index (κ2) is 6.62. The summed E-state index contributed by atoms with van der Waals surface area (Å²) in [6.45, 7) is 6.26. The standard InChI is InChI=1S/C14H18F2N4O/c1-4-5-17-9(3)13-19-20-14(21-13)18-12-7-10(15)8(2)6-11(12)16/h6-7,9,17H,4-5H2,1-3H3,(H,18,20). The molecule has 1 atom stereocenters. The Balaban J connectivity index is 2.11. The monoisotopic (exact) mass is 296 g/mol. The molecule has 0 aliphatic rings. The first-order valence-corrected chi connectivity index (χ1v) is 6.80. The summed E-state index contributed by atoms with van der Waals surface area (Å²) in [5.74, 6) is -0.693. The number of benzene rings is 1. The molecule has 0 aliphatic carbocycles. The Morgan fingerprint density at radius 1 is 1.24 bits per heavy atom. The van der Waals surface area contributed by atoms with Crippen LogP contribution in [0.1, 0.15) is 37.8 Å².